The molecule has 1 aromatic rings. The van der Waals surface area contributed by atoms with Gasteiger partial charge in [0, 0.05) is 24.1 Å². The molecule has 4 amide bonds. The second-order valence-corrected chi connectivity index (χ2v) is 7.28. The number of carbonyl (C=O) groups is 5. The first-order valence-corrected chi connectivity index (χ1v) is 9.63. The molecule has 154 valence electrons. The predicted molar refractivity (Wildman–Crippen MR) is 101 cm³/mol. The third-order valence-electron chi connectivity index (χ3n) is 5.24. The van der Waals surface area contributed by atoms with Crippen molar-refractivity contribution in [2.45, 2.75) is 57.7 Å². The Morgan fingerprint density at radius 1 is 1.31 bits per heavy atom. The van der Waals surface area contributed by atoms with Crippen LogP contribution in [-0.2, 0) is 20.9 Å². The first-order chi connectivity index (χ1) is 13.8. The quantitative estimate of drug-likeness (QED) is 0.580. The average molecular weight is 401 g/mol. The van der Waals surface area contributed by atoms with Gasteiger partial charge in [0.2, 0.25) is 11.8 Å². The Bertz CT molecular complexity index is 881. The fraction of sp³-hybridized carbons (Fsp3) is 0.450. The zero-order valence-corrected chi connectivity index (χ0v) is 16.1. The highest BCUT2D eigenvalue weighted by Crippen LogP contribution is 2.28. The molecule has 3 rings (SSSR count). The summed E-state index contributed by atoms with van der Waals surface area (Å²) < 4.78 is 0. The fourth-order valence-corrected chi connectivity index (χ4v) is 3.62. The Balaban J connectivity index is 1.73. The lowest BCUT2D eigenvalue weighted by Gasteiger charge is -2.29. The number of aliphatic carboxylic acids is 1. The number of amides is 4. The largest absolute Gasteiger partial charge is 0.480 e. The van der Waals surface area contributed by atoms with Crippen molar-refractivity contribution in [1.82, 2.24) is 15.5 Å². The highest BCUT2D eigenvalue weighted by Gasteiger charge is 2.39. The van der Waals surface area contributed by atoms with Gasteiger partial charge in [-0.1, -0.05) is 19.8 Å². The molecule has 9 nitrogen and oxygen atoms in total. The summed E-state index contributed by atoms with van der Waals surface area (Å²) in [6.07, 6.45) is 2.26. The normalized spacial score (nSPS) is 19.6. The molecule has 0 spiro atoms. The summed E-state index contributed by atoms with van der Waals surface area (Å²) in [5, 5.41) is 14.0. The molecule has 0 radical (unpaired) electrons. The van der Waals surface area contributed by atoms with E-state index in [-0.39, 0.29) is 36.8 Å². The molecule has 2 aliphatic rings. The number of hydrogen-bond acceptors (Lipinski definition) is 5. The predicted octanol–water partition coefficient (Wildman–Crippen LogP) is 0.821. The molecule has 1 unspecified atom stereocenters. The fourth-order valence-electron chi connectivity index (χ4n) is 3.62. The number of nitrogens with one attached hydrogen (secondary N) is 2. The Hall–Kier alpha value is -3.23. The van der Waals surface area contributed by atoms with Gasteiger partial charge in [-0.3, -0.25) is 24.5 Å². The van der Waals surface area contributed by atoms with E-state index in [4.69, 9.17) is 0 Å². The van der Waals surface area contributed by atoms with Gasteiger partial charge in [-0.25, -0.2) is 4.79 Å². The van der Waals surface area contributed by atoms with Crippen molar-refractivity contribution in [3.8, 4) is 0 Å². The lowest BCUT2D eigenvalue weighted by atomic mass is 10.0. The van der Waals surface area contributed by atoms with Crippen molar-refractivity contribution >= 4 is 29.6 Å². The van der Waals surface area contributed by atoms with Crippen LogP contribution in [0.3, 0.4) is 0 Å². The van der Waals surface area contributed by atoms with Crippen molar-refractivity contribution in [2.24, 2.45) is 0 Å². The second-order valence-electron chi connectivity index (χ2n) is 7.28. The minimum absolute atomic E-state index is 0.153. The van der Waals surface area contributed by atoms with E-state index in [0.717, 1.165) is 6.42 Å². The van der Waals surface area contributed by atoms with E-state index in [1.807, 2.05) is 6.92 Å². The third-order valence-corrected chi connectivity index (χ3v) is 5.24. The first-order valence-electron chi connectivity index (χ1n) is 9.63. The molecule has 1 saturated heterocycles. The second kappa shape index (κ2) is 8.42. The molecule has 0 saturated carbocycles. The van der Waals surface area contributed by atoms with Crippen molar-refractivity contribution in [2.75, 3.05) is 0 Å². The van der Waals surface area contributed by atoms with Crippen LogP contribution < -0.4 is 10.6 Å². The minimum Gasteiger partial charge on any atom is -0.480 e. The van der Waals surface area contributed by atoms with E-state index in [2.05, 4.69) is 10.6 Å². The third kappa shape index (κ3) is 4.28. The van der Waals surface area contributed by atoms with E-state index in [1.165, 1.54) is 17.0 Å². The van der Waals surface area contributed by atoms with Crippen molar-refractivity contribution in [1.29, 1.82) is 0 Å². The standard InChI is InChI=1S/C20H23N3O6/c1-2-3-4-14(20(28)29)21-17(25)11-5-6-13-12(9-11)10-23(19(13)27)15-7-8-16(24)22-18(15)26/h5-6,9,14-15H,2-4,7-8,10H2,1H3,(H,21,25)(H,28,29)(H,22,24,26)/t14-,15?/m0/s1. The van der Waals surface area contributed by atoms with E-state index in [1.54, 1.807) is 6.07 Å². The summed E-state index contributed by atoms with van der Waals surface area (Å²) in [5.41, 5.74) is 1.24. The molecule has 2 atom stereocenters. The molecular weight excluding hydrogens is 378 g/mol. The topological polar surface area (TPSA) is 133 Å². The number of unbranched alkanes of at least 4 members (excludes halogenated alkanes) is 1. The van der Waals surface area contributed by atoms with Crippen LogP contribution in [0.2, 0.25) is 0 Å². The lowest BCUT2D eigenvalue weighted by Crippen LogP contribution is -2.52. The van der Waals surface area contributed by atoms with Crippen LogP contribution in [0.5, 0.6) is 0 Å². The van der Waals surface area contributed by atoms with Crippen molar-refractivity contribution in [3.05, 3.63) is 34.9 Å². The summed E-state index contributed by atoms with van der Waals surface area (Å²) in [4.78, 5) is 61.3. The molecule has 2 aliphatic heterocycles. The minimum atomic E-state index is -1.09. The van der Waals surface area contributed by atoms with Crippen LogP contribution in [0.4, 0.5) is 0 Å². The van der Waals surface area contributed by atoms with E-state index in [0.29, 0.717) is 24.0 Å². The van der Waals surface area contributed by atoms with Gasteiger partial charge in [0.05, 0.1) is 0 Å². The number of carboxylic acid groups (broad SMARTS) is 1. The highest BCUT2D eigenvalue weighted by atomic mass is 16.4. The van der Waals surface area contributed by atoms with E-state index >= 15 is 0 Å². The molecular formula is C20H23N3O6. The van der Waals surface area contributed by atoms with Gasteiger partial charge in [0.1, 0.15) is 12.1 Å². The molecule has 1 fully saturated rings. The highest BCUT2D eigenvalue weighted by molar-refractivity contribution is 6.06. The van der Waals surface area contributed by atoms with Gasteiger partial charge >= 0.3 is 5.97 Å². The zero-order chi connectivity index (χ0) is 21.1. The SMILES string of the molecule is CCCC[C@H](NC(=O)c1ccc2c(c1)CN(C1CCC(=O)NC1=O)C2=O)C(=O)O. The summed E-state index contributed by atoms with van der Waals surface area (Å²) in [6, 6.07) is 2.83. The molecule has 0 aromatic heterocycles. The summed E-state index contributed by atoms with van der Waals surface area (Å²) in [6.45, 7) is 2.09. The number of rotatable bonds is 7. The maximum atomic E-state index is 12.7. The van der Waals surface area contributed by atoms with Gasteiger partial charge in [-0.15, -0.1) is 0 Å². The molecule has 2 heterocycles. The number of fused-ring (bicyclic) bond motifs is 1. The number of carbonyl (C=O) groups excluding carboxylic acids is 4. The summed E-state index contributed by atoms with van der Waals surface area (Å²) >= 11 is 0. The smallest absolute Gasteiger partial charge is 0.326 e. The Kier molecular flexibility index (Phi) is 5.95. The molecule has 0 aliphatic carbocycles. The summed E-state index contributed by atoms with van der Waals surface area (Å²) in [5.74, 6) is -2.80. The number of piperidine rings is 1. The van der Waals surface area contributed by atoms with Crippen LogP contribution in [0.25, 0.3) is 0 Å². The molecule has 1 aromatic carbocycles. The number of nitrogens with zero attached hydrogens (tertiary/aromatic N) is 1. The van der Waals surface area contributed by atoms with Crippen molar-refractivity contribution in [3.63, 3.8) is 0 Å². The molecule has 29 heavy (non-hydrogen) atoms. The van der Waals surface area contributed by atoms with Crippen molar-refractivity contribution < 1.29 is 29.1 Å². The monoisotopic (exact) mass is 401 g/mol. The Labute approximate surface area is 167 Å². The van der Waals surface area contributed by atoms with Gasteiger partial charge < -0.3 is 15.3 Å². The number of benzene rings is 1. The lowest BCUT2D eigenvalue weighted by molar-refractivity contribution is -0.139. The molecule has 9 heteroatoms. The van der Waals surface area contributed by atoms with E-state index in [9.17, 15) is 29.1 Å². The Morgan fingerprint density at radius 2 is 2.07 bits per heavy atom. The molecule has 3 N–H and O–H groups in total. The molecule has 0 bridgehead atoms. The van der Waals surface area contributed by atoms with Crippen LogP contribution in [0.1, 0.15) is 65.3 Å². The van der Waals surface area contributed by atoms with Gasteiger partial charge in [0.25, 0.3) is 11.8 Å². The van der Waals surface area contributed by atoms with Crippen LogP contribution in [-0.4, -0.2) is 51.7 Å². The van der Waals surface area contributed by atoms with Gasteiger partial charge in [0.15, 0.2) is 0 Å². The van der Waals surface area contributed by atoms with Gasteiger partial charge in [-0.05, 0) is 36.6 Å². The number of hydrogen-bond donors (Lipinski definition) is 3. The van der Waals surface area contributed by atoms with Gasteiger partial charge in [-0.2, -0.15) is 0 Å². The van der Waals surface area contributed by atoms with E-state index < -0.39 is 29.9 Å². The Morgan fingerprint density at radius 3 is 2.72 bits per heavy atom. The maximum absolute atomic E-state index is 12.7. The van der Waals surface area contributed by atoms with Crippen LogP contribution in [0, 0.1) is 0 Å². The summed E-state index contributed by atoms with van der Waals surface area (Å²) in [7, 11) is 0. The number of carboxylic acids is 1. The average Bonchev–Trinajstić information content (AvgIpc) is 3.00. The maximum Gasteiger partial charge on any atom is 0.326 e. The van der Waals surface area contributed by atoms with Crippen LogP contribution >= 0.6 is 0 Å². The van der Waals surface area contributed by atoms with Crippen LogP contribution in [0.15, 0.2) is 18.2 Å². The first kappa shape index (κ1) is 20.5. The zero-order valence-electron chi connectivity index (χ0n) is 16.1. The number of imide groups is 1.